The normalized spacial score (nSPS) is 22.1. The first-order chi connectivity index (χ1) is 14.4. The van der Waals surface area contributed by atoms with Crippen LogP contribution in [-0.4, -0.2) is 78.5 Å². The van der Waals surface area contributed by atoms with E-state index in [0.29, 0.717) is 37.7 Å². The molecule has 1 amide bonds. The minimum absolute atomic E-state index is 0.0249. The van der Waals surface area contributed by atoms with Crippen LogP contribution >= 0.6 is 23.2 Å². The van der Waals surface area contributed by atoms with E-state index >= 15 is 0 Å². The maximum Gasteiger partial charge on any atom is 0.433 e. The predicted octanol–water partition coefficient (Wildman–Crippen LogP) is 3.81. The Morgan fingerprint density at radius 2 is 1.84 bits per heavy atom. The number of hydrogen-bond donors (Lipinski definition) is 0. The van der Waals surface area contributed by atoms with E-state index in [2.05, 4.69) is 15.1 Å². The topological polar surface area (TPSA) is 51.5 Å². The second-order valence-corrected chi connectivity index (χ2v) is 9.04. The summed E-state index contributed by atoms with van der Waals surface area (Å²) in [6, 6.07) is 5.81. The molecule has 2 aliphatic rings. The maximum atomic E-state index is 13.3. The molecule has 0 aromatic heterocycles. The molecule has 3 rings (SSSR count). The van der Waals surface area contributed by atoms with Crippen molar-refractivity contribution < 1.29 is 18.0 Å². The van der Waals surface area contributed by atoms with Crippen LogP contribution in [0.2, 0.25) is 5.02 Å². The molecule has 0 radical (unpaired) electrons. The average molecular weight is 478 g/mol. The van der Waals surface area contributed by atoms with E-state index in [4.69, 9.17) is 23.2 Å². The lowest BCUT2D eigenvalue weighted by Crippen LogP contribution is -2.53. The smallest absolute Gasteiger partial charge is 0.368 e. The molecule has 0 saturated carbocycles. The van der Waals surface area contributed by atoms with E-state index < -0.39 is 29.1 Å². The van der Waals surface area contributed by atoms with Crippen LogP contribution in [0.5, 0.6) is 0 Å². The third-order valence-corrected chi connectivity index (χ3v) is 6.38. The summed E-state index contributed by atoms with van der Waals surface area (Å²) in [5.74, 6) is -0.451. The van der Waals surface area contributed by atoms with Gasteiger partial charge in [0.15, 0.2) is 5.71 Å². The first-order valence-electron chi connectivity index (χ1n) is 9.77. The lowest BCUT2D eigenvalue weighted by Gasteiger charge is -2.37. The van der Waals surface area contributed by atoms with Gasteiger partial charge in [-0.25, -0.2) is 0 Å². The number of halogens is 5. The summed E-state index contributed by atoms with van der Waals surface area (Å²) < 4.78 is 39.8. The molecule has 1 aromatic rings. The van der Waals surface area contributed by atoms with Gasteiger partial charge < -0.3 is 14.7 Å². The molecule has 2 heterocycles. The van der Waals surface area contributed by atoms with E-state index in [0.717, 1.165) is 11.3 Å². The van der Waals surface area contributed by atoms with Gasteiger partial charge in [0, 0.05) is 43.4 Å². The summed E-state index contributed by atoms with van der Waals surface area (Å²) >= 11 is 12.5. The number of amides is 1. The molecule has 0 N–H and O–H groups in total. The fraction of sp³-hybridized carbons (Fsp3) is 0.550. The molecule has 170 valence electrons. The van der Waals surface area contributed by atoms with Crippen LogP contribution < -0.4 is 4.90 Å². The zero-order chi connectivity index (χ0) is 23.0. The van der Waals surface area contributed by atoms with Crippen LogP contribution in [0.1, 0.15) is 18.9 Å². The van der Waals surface area contributed by atoms with E-state index in [9.17, 15) is 18.0 Å². The first-order valence-corrected chi connectivity index (χ1v) is 10.5. The highest BCUT2D eigenvalue weighted by atomic mass is 35.5. The van der Waals surface area contributed by atoms with Crippen LogP contribution in [0.25, 0.3) is 0 Å². The van der Waals surface area contributed by atoms with Crippen LogP contribution in [0.15, 0.2) is 28.4 Å². The zero-order valence-corrected chi connectivity index (χ0v) is 19.0. The molecule has 2 aliphatic heterocycles. The standard InChI is InChI=1S/C20H24Cl2F3N5O/c1-13-19(22,18(27-26-13)20(23,24)25)11-17(31)30-8-6-29(7-9-30)15-4-5-16(21)14(10-15)12-28(2)3/h4-5,10H,6-9,11-12H2,1-3H3. The van der Waals surface area contributed by atoms with E-state index in [1.165, 1.54) is 11.8 Å². The summed E-state index contributed by atoms with van der Waals surface area (Å²) in [6.45, 7) is 3.92. The Morgan fingerprint density at radius 3 is 2.42 bits per heavy atom. The van der Waals surface area contributed by atoms with Gasteiger partial charge >= 0.3 is 6.18 Å². The van der Waals surface area contributed by atoms with Gasteiger partial charge in [-0.3, -0.25) is 4.79 Å². The van der Waals surface area contributed by atoms with Gasteiger partial charge in [-0.15, -0.1) is 16.7 Å². The molecule has 0 spiro atoms. The number of anilines is 1. The number of carbonyl (C=O) groups excluding carboxylic acids is 1. The first kappa shape index (κ1) is 23.8. The Bertz CT molecular complexity index is 911. The van der Waals surface area contributed by atoms with Crippen LogP contribution in [0.4, 0.5) is 18.9 Å². The van der Waals surface area contributed by atoms with Crippen molar-refractivity contribution in [2.24, 2.45) is 10.2 Å². The Hall–Kier alpha value is -1.84. The third-order valence-electron chi connectivity index (χ3n) is 5.43. The number of benzene rings is 1. The summed E-state index contributed by atoms with van der Waals surface area (Å²) in [5, 5.41) is 7.35. The van der Waals surface area contributed by atoms with Crippen LogP contribution in [-0.2, 0) is 11.3 Å². The minimum Gasteiger partial charge on any atom is -0.368 e. The number of carbonyl (C=O) groups is 1. The van der Waals surface area contributed by atoms with Gasteiger partial charge in [0.05, 0.1) is 12.1 Å². The van der Waals surface area contributed by atoms with Gasteiger partial charge in [0.25, 0.3) is 0 Å². The molecule has 1 atom stereocenters. The lowest BCUT2D eigenvalue weighted by molar-refractivity contribution is -0.131. The van der Waals surface area contributed by atoms with Gasteiger partial charge in [-0.05, 0) is 44.8 Å². The van der Waals surface area contributed by atoms with Crippen molar-refractivity contribution in [3.63, 3.8) is 0 Å². The SMILES string of the molecule is CC1=NN=C(C(F)(F)F)C1(Cl)CC(=O)N1CCN(c2ccc(Cl)c(CN(C)C)c2)CC1. The average Bonchev–Trinajstić information content (AvgIpc) is 2.98. The molecule has 11 heteroatoms. The quantitative estimate of drug-likeness (QED) is 0.605. The van der Waals surface area contributed by atoms with Gasteiger partial charge in [0.1, 0.15) is 4.87 Å². The van der Waals surface area contributed by atoms with Crippen molar-refractivity contribution in [3.05, 3.63) is 28.8 Å². The van der Waals surface area contributed by atoms with E-state index in [1.54, 1.807) is 0 Å². The second kappa shape index (κ2) is 8.96. The molecular weight excluding hydrogens is 454 g/mol. The van der Waals surface area contributed by atoms with E-state index in [1.807, 2.05) is 37.2 Å². The van der Waals surface area contributed by atoms with Crippen molar-refractivity contribution >= 4 is 46.2 Å². The van der Waals surface area contributed by atoms with Gasteiger partial charge in [0.2, 0.25) is 5.91 Å². The molecule has 1 saturated heterocycles. The maximum absolute atomic E-state index is 13.3. The fourth-order valence-electron chi connectivity index (χ4n) is 3.70. The molecule has 31 heavy (non-hydrogen) atoms. The lowest BCUT2D eigenvalue weighted by atomic mass is 9.93. The Kier molecular flexibility index (Phi) is 6.88. The zero-order valence-electron chi connectivity index (χ0n) is 17.5. The van der Waals surface area contributed by atoms with Gasteiger partial charge in [-0.1, -0.05) is 11.6 Å². The number of piperazine rings is 1. The highest BCUT2D eigenvalue weighted by Gasteiger charge is 2.55. The molecule has 1 fully saturated rings. The molecule has 0 aliphatic carbocycles. The largest absolute Gasteiger partial charge is 0.433 e. The Morgan fingerprint density at radius 1 is 1.19 bits per heavy atom. The molecule has 6 nitrogen and oxygen atoms in total. The number of rotatable bonds is 5. The van der Waals surface area contributed by atoms with Crippen molar-refractivity contribution in [2.45, 2.75) is 30.9 Å². The Balaban J connectivity index is 1.64. The number of alkyl halides is 4. The predicted molar refractivity (Wildman–Crippen MR) is 117 cm³/mol. The van der Waals surface area contributed by atoms with Gasteiger partial charge in [-0.2, -0.15) is 18.3 Å². The summed E-state index contributed by atoms with van der Waals surface area (Å²) in [5.41, 5.74) is 0.734. The van der Waals surface area contributed by atoms with Crippen molar-refractivity contribution in [1.82, 2.24) is 9.80 Å². The van der Waals surface area contributed by atoms with Crippen LogP contribution in [0.3, 0.4) is 0 Å². The third kappa shape index (κ3) is 5.15. The van der Waals surface area contributed by atoms with E-state index in [-0.39, 0.29) is 5.71 Å². The summed E-state index contributed by atoms with van der Waals surface area (Å²) in [4.78, 5) is 16.4. The van der Waals surface area contributed by atoms with Crippen molar-refractivity contribution in [3.8, 4) is 0 Å². The monoisotopic (exact) mass is 477 g/mol. The highest BCUT2D eigenvalue weighted by molar-refractivity contribution is 6.50. The molecule has 1 aromatic carbocycles. The highest BCUT2D eigenvalue weighted by Crippen LogP contribution is 2.37. The second-order valence-electron chi connectivity index (χ2n) is 7.99. The number of hydrogen-bond acceptors (Lipinski definition) is 5. The minimum atomic E-state index is -4.75. The van der Waals surface area contributed by atoms with Crippen molar-refractivity contribution in [1.29, 1.82) is 0 Å². The Labute approximate surface area is 189 Å². The number of nitrogens with zero attached hydrogens (tertiary/aromatic N) is 5. The fourth-order valence-corrected chi connectivity index (χ4v) is 4.18. The van der Waals surface area contributed by atoms with Crippen LogP contribution in [0, 0.1) is 0 Å². The summed E-state index contributed by atoms with van der Waals surface area (Å²) in [6.07, 6.45) is -5.28. The molecular formula is C20H24Cl2F3N5O. The van der Waals surface area contributed by atoms with Crippen molar-refractivity contribution in [2.75, 3.05) is 45.2 Å². The molecule has 0 bridgehead atoms. The summed E-state index contributed by atoms with van der Waals surface area (Å²) in [7, 11) is 3.92. The molecule has 1 unspecified atom stereocenters.